The number of H-pyrrole nitrogens is 1. The van der Waals surface area contributed by atoms with Gasteiger partial charge in [0.25, 0.3) is 5.91 Å². The Morgan fingerprint density at radius 3 is 2.89 bits per heavy atom. The number of carbonyl (C=O) groups is 1. The van der Waals surface area contributed by atoms with E-state index in [1.54, 1.807) is 0 Å². The standard InChI is InChI=1S/C12H10Br2N4O/c13-7-3-4-8(14)9(5-7)15-12(19)11-16-10(17-18-11)6-1-2-6/h3-6H,1-2H2,(H,15,19)(H,16,17,18). The number of aromatic nitrogens is 3. The fraction of sp³-hybridized carbons (Fsp3) is 0.250. The monoisotopic (exact) mass is 384 g/mol. The normalized spacial score (nSPS) is 14.4. The molecule has 0 spiro atoms. The van der Waals surface area contributed by atoms with E-state index in [0.717, 1.165) is 27.6 Å². The molecule has 1 saturated carbocycles. The summed E-state index contributed by atoms with van der Waals surface area (Å²) < 4.78 is 1.70. The van der Waals surface area contributed by atoms with Gasteiger partial charge in [-0.1, -0.05) is 15.9 Å². The Hall–Kier alpha value is -1.21. The highest BCUT2D eigenvalue weighted by Crippen LogP contribution is 2.37. The molecule has 0 aliphatic heterocycles. The Labute approximate surface area is 126 Å². The number of hydrogen-bond donors (Lipinski definition) is 2. The topological polar surface area (TPSA) is 70.7 Å². The van der Waals surface area contributed by atoms with Crippen LogP contribution < -0.4 is 5.32 Å². The molecule has 1 aromatic heterocycles. The third-order valence-corrected chi connectivity index (χ3v) is 4.03. The fourth-order valence-corrected chi connectivity index (χ4v) is 2.39. The molecule has 0 unspecified atom stereocenters. The summed E-state index contributed by atoms with van der Waals surface area (Å²) in [6, 6.07) is 5.56. The molecule has 3 rings (SSSR count). The first-order valence-corrected chi connectivity index (χ1v) is 7.41. The molecular weight excluding hydrogens is 376 g/mol. The van der Waals surface area contributed by atoms with Crippen molar-refractivity contribution in [3.8, 4) is 0 Å². The number of anilines is 1. The lowest BCUT2D eigenvalue weighted by Crippen LogP contribution is -2.14. The van der Waals surface area contributed by atoms with E-state index in [4.69, 9.17) is 0 Å². The molecule has 0 bridgehead atoms. The maximum absolute atomic E-state index is 12.0. The van der Waals surface area contributed by atoms with Gasteiger partial charge < -0.3 is 5.32 Å². The molecule has 19 heavy (non-hydrogen) atoms. The SMILES string of the molecule is O=C(Nc1cc(Br)ccc1Br)c1n[nH]c(C2CC2)n1. The molecule has 98 valence electrons. The predicted molar refractivity (Wildman–Crippen MR) is 78.2 cm³/mol. The summed E-state index contributed by atoms with van der Waals surface area (Å²) in [7, 11) is 0. The summed E-state index contributed by atoms with van der Waals surface area (Å²) in [5, 5.41) is 9.55. The lowest BCUT2D eigenvalue weighted by Gasteiger charge is -2.05. The average molecular weight is 386 g/mol. The van der Waals surface area contributed by atoms with E-state index in [0.29, 0.717) is 11.6 Å². The van der Waals surface area contributed by atoms with Gasteiger partial charge in [0.2, 0.25) is 5.82 Å². The van der Waals surface area contributed by atoms with Crippen LogP contribution in [-0.2, 0) is 0 Å². The fourth-order valence-electron chi connectivity index (χ4n) is 1.69. The Bertz CT molecular complexity index is 636. The highest BCUT2D eigenvalue weighted by atomic mass is 79.9. The van der Waals surface area contributed by atoms with E-state index in [-0.39, 0.29) is 11.7 Å². The molecule has 7 heteroatoms. The zero-order valence-electron chi connectivity index (χ0n) is 9.78. The van der Waals surface area contributed by atoms with Crippen molar-refractivity contribution in [3.05, 3.63) is 38.8 Å². The summed E-state index contributed by atoms with van der Waals surface area (Å²) >= 11 is 6.75. The van der Waals surface area contributed by atoms with Crippen LogP contribution in [0.15, 0.2) is 27.1 Å². The summed E-state index contributed by atoms with van der Waals surface area (Å²) in [5.41, 5.74) is 0.678. The Morgan fingerprint density at radius 2 is 2.16 bits per heavy atom. The van der Waals surface area contributed by atoms with Gasteiger partial charge in [0.05, 0.1) is 5.69 Å². The molecule has 1 aliphatic carbocycles. The van der Waals surface area contributed by atoms with Gasteiger partial charge in [-0.3, -0.25) is 9.89 Å². The van der Waals surface area contributed by atoms with Crippen LogP contribution in [0.5, 0.6) is 0 Å². The van der Waals surface area contributed by atoms with Crippen molar-refractivity contribution in [2.45, 2.75) is 18.8 Å². The molecule has 0 atom stereocenters. The van der Waals surface area contributed by atoms with Crippen LogP contribution in [0.1, 0.15) is 35.2 Å². The van der Waals surface area contributed by atoms with Gasteiger partial charge in [-0.2, -0.15) is 0 Å². The molecule has 1 fully saturated rings. The van der Waals surface area contributed by atoms with Crippen molar-refractivity contribution in [2.75, 3.05) is 5.32 Å². The zero-order valence-corrected chi connectivity index (χ0v) is 13.0. The lowest BCUT2D eigenvalue weighted by molar-refractivity contribution is 0.101. The van der Waals surface area contributed by atoms with Crippen LogP contribution in [-0.4, -0.2) is 21.1 Å². The van der Waals surface area contributed by atoms with Crippen LogP contribution in [0, 0.1) is 0 Å². The number of halogens is 2. The number of rotatable bonds is 3. The van der Waals surface area contributed by atoms with Crippen LogP contribution in [0.25, 0.3) is 0 Å². The highest BCUT2D eigenvalue weighted by molar-refractivity contribution is 9.11. The van der Waals surface area contributed by atoms with E-state index < -0.39 is 0 Å². The number of carbonyl (C=O) groups excluding carboxylic acids is 1. The Morgan fingerprint density at radius 1 is 1.37 bits per heavy atom. The maximum Gasteiger partial charge on any atom is 0.295 e. The van der Waals surface area contributed by atoms with E-state index in [1.165, 1.54) is 0 Å². The number of nitrogens with one attached hydrogen (secondary N) is 2. The zero-order chi connectivity index (χ0) is 13.4. The molecule has 2 aromatic rings. The molecular formula is C12H10Br2N4O. The van der Waals surface area contributed by atoms with Crippen molar-refractivity contribution in [2.24, 2.45) is 0 Å². The highest BCUT2D eigenvalue weighted by Gasteiger charge is 2.28. The van der Waals surface area contributed by atoms with Gasteiger partial charge in [0.15, 0.2) is 0 Å². The second-order valence-electron chi connectivity index (χ2n) is 4.40. The summed E-state index contributed by atoms with van der Waals surface area (Å²) in [4.78, 5) is 16.3. The Kier molecular flexibility index (Phi) is 3.40. The van der Waals surface area contributed by atoms with Crippen molar-refractivity contribution >= 4 is 43.5 Å². The molecule has 1 heterocycles. The molecule has 2 N–H and O–H groups in total. The minimum atomic E-state index is -0.318. The molecule has 1 amide bonds. The molecule has 0 saturated heterocycles. The van der Waals surface area contributed by atoms with Gasteiger partial charge in [0.1, 0.15) is 5.82 Å². The quantitative estimate of drug-likeness (QED) is 0.849. The van der Waals surface area contributed by atoms with Crippen molar-refractivity contribution < 1.29 is 4.79 Å². The van der Waals surface area contributed by atoms with E-state index in [1.807, 2.05) is 18.2 Å². The number of amides is 1. The first-order chi connectivity index (χ1) is 9.13. The van der Waals surface area contributed by atoms with Crippen molar-refractivity contribution in [3.63, 3.8) is 0 Å². The summed E-state index contributed by atoms with van der Waals surface area (Å²) in [5.74, 6) is 1.11. The van der Waals surface area contributed by atoms with E-state index in [2.05, 4.69) is 52.4 Å². The van der Waals surface area contributed by atoms with Gasteiger partial charge in [-0.25, -0.2) is 4.98 Å². The number of hydrogen-bond acceptors (Lipinski definition) is 3. The first kappa shape index (κ1) is 12.8. The number of nitrogens with zero attached hydrogens (tertiary/aromatic N) is 2. The van der Waals surface area contributed by atoms with E-state index in [9.17, 15) is 4.79 Å². The first-order valence-electron chi connectivity index (χ1n) is 5.82. The van der Waals surface area contributed by atoms with Crippen LogP contribution in [0.3, 0.4) is 0 Å². The van der Waals surface area contributed by atoms with E-state index >= 15 is 0 Å². The maximum atomic E-state index is 12.0. The number of benzene rings is 1. The largest absolute Gasteiger partial charge is 0.318 e. The predicted octanol–water partition coefficient (Wildman–Crippen LogP) is 3.46. The van der Waals surface area contributed by atoms with Gasteiger partial charge >= 0.3 is 0 Å². The van der Waals surface area contributed by atoms with Crippen LogP contribution in [0.4, 0.5) is 5.69 Å². The molecule has 1 aromatic carbocycles. The molecule has 5 nitrogen and oxygen atoms in total. The molecule has 0 radical (unpaired) electrons. The van der Waals surface area contributed by atoms with Gasteiger partial charge in [-0.05, 0) is 47.0 Å². The number of aromatic amines is 1. The van der Waals surface area contributed by atoms with Crippen molar-refractivity contribution in [1.82, 2.24) is 15.2 Å². The minimum absolute atomic E-state index is 0.175. The summed E-state index contributed by atoms with van der Waals surface area (Å²) in [6.07, 6.45) is 2.24. The third-order valence-electron chi connectivity index (χ3n) is 2.85. The van der Waals surface area contributed by atoms with Crippen LogP contribution >= 0.6 is 31.9 Å². The minimum Gasteiger partial charge on any atom is -0.318 e. The second kappa shape index (κ2) is 5.05. The van der Waals surface area contributed by atoms with Crippen LogP contribution in [0.2, 0.25) is 0 Å². The molecule has 1 aliphatic rings. The van der Waals surface area contributed by atoms with Gasteiger partial charge in [0, 0.05) is 14.9 Å². The lowest BCUT2D eigenvalue weighted by atomic mass is 10.3. The van der Waals surface area contributed by atoms with Gasteiger partial charge in [-0.15, -0.1) is 5.10 Å². The van der Waals surface area contributed by atoms with Crippen molar-refractivity contribution in [1.29, 1.82) is 0 Å². The third kappa shape index (κ3) is 2.87. The average Bonchev–Trinajstić information content (AvgIpc) is 3.11. The Balaban J connectivity index is 1.77. The second-order valence-corrected chi connectivity index (χ2v) is 6.17. The smallest absolute Gasteiger partial charge is 0.295 e. The summed E-state index contributed by atoms with van der Waals surface area (Å²) in [6.45, 7) is 0.